The van der Waals surface area contributed by atoms with Crippen LogP contribution in [0.3, 0.4) is 0 Å². The molecule has 2 aliphatic heterocycles. The quantitative estimate of drug-likeness (QED) is 0.638. The number of rotatable bonds is 8. The van der Waals surface area contributed by atoms with Crippen LogP contribution in [0.4, 0.5) is 4.79 Å². The average molecular weight is 435 g/mol. The molecule has 0 bridgehead atoms. The van der Waals surface area contributed by atoms with E-state index in [1.54, 1.807) is 24.3 Å². The topological polar surface area (TPSA) is 82.1 Å². The van der Waals surface area contributed by atoms with Gasteiger partial charge in [0.2, 0.25) is 11.8 Å². The highest BCUT2D eigenvalue weighted by Crippen LogP contribution is 2.20. The number of allylic oxidation sites excluding steroid dienone is 3. The van der Waals surface area contributed by atoms with Gasteiger partial charge in [-0.05, 0) is 37.3 Å². The Kier molecular flexibility index (Phi) is 7.27. The van der Waals surface area contributed by atoms with Crippen LogP contribution < -0.4 is 5.32 Å². The number of imide groups is 1. The van der Waals surface area contributed by atoms with Gasteiger partial charge in [-0.15, -0.1) is 0 Å². The number of hydrogen-bond donors (Lipinski definition) is 1. The lowest BCUT2D eigenvalue weighted by Gasteiger charge is -2.32. The van der Waals surface area contributed by atoms with Crippen LogP contribution in [-0.4, -0.2) is 59.0 Å². The van der Waals surface area contributed by atoms with Crippen molar-refractivity contribution in [3.63, 3.8) is 0 Å². The molecule has 1 aliphatic carbocycles. The first-order chi connectivity index (χ1) is 15.6. The van der Waals surface area contributed by atoms with Crippen LogP contribution in [0.15, 0.2) is 59.6 Å². The molecule has 0 spiro atoms. The Morgan fingerprint density at radius 2 is 1.84 bits per heavy atom. The number of hydrogen-bond acceptors (Lipinski definition) is 4. The first kappa shape index (κ1) is 22.1. The lowest BCUT2D eigenvalue weighted by Crippen LogP contribution is -2.46. The van der Waals surface area contributed by atoms with Crippen LogP contribution in [0.25, 0.3) is 0 Å². The predicted octanol–water partition coefficient (Wildman–Crippen LogP) is 3.08. The number of nitrogens with one attached hydrogen (secondary N) is 1. The normalized spacial score (nSPS) is 21.4. The molecule has 0 saturated carbocycles. The minimum atomic E-state index is -0.507. The molecule has 0 radical (unpaired) electrons. The number of nitrogens with zero attached hydrogens (tertiary/aromatic N) is 3. The summed E-state index contributed by atoms with van der Waals surface area (Å²) in [5.74, 6) is -0.649. The van der Waals surface area contributed by atoms with E-state index in [0.717, 1.165) is 32.5 Å². The minimum Gasteiger partial charge on any atom is -0.353 e. The molecule has 4 rings (SSSR count). The zero-order chi connectivity index (χ0) is 22.3. The number of benzene rings is 1. The SMILES string of the molecule is O=C(CCCCN1C(=O)N=C2C=CC=CC2C1=O)NC1CCN(Cc2ccccc2)CC1. The largest absolute Gasteiger partial charge is 0.353 e. The molecule has 168 valence electrons. The van der Waals surface area contributed by atoms with E-state index < -0.39 is 11.9 Å². The molecule has 1 atom stereocenters. The van der Waals surface area contributed by atoms with Crippen molar-refractivity contribution in [2.75, 3.05) is 19.6 Å². The zero-order valence-electron chi connectivity index (χ0n) is 18.3. The Hall–Kier alpha value is -3.06. The van der Waals surface area contributed by atoms with Crippen molar-refractivity contribution in [1.82, 2.24) is 15.1 Å². The first-order valence-corrected chi connectivity index (χ1v) is 11.4. The van der Waals surface area contributed by atoms with E-state index in [1.165, 1.54) is 10.5 Å². The van der Waals surface area contributed by atoms with Crippen molar-refractivity contribution in [1.29, 1.82) is 0 Å². The van der Waals surface area contributed by atoms with Gasteiger partial charge in [-0.1, -0.05) is 48.6 Å². The molecule has 0 aromatic heterocycles. The van der Waals surface area contributed by atoms with Crippen molar-refractivity contribution in [3.05, 3.63) is 60.2 Å². The number of unbranched alkanes of at least 4 members (excludes halogenated alkanes) is 1. The van der Waals surface area contributed by atoms with Gasteiger partial charge in [0.05, 0.1) is 11.6 Å². The highest BCUT2D eigenvalue weighted by atomic mass is 16.2. The molecule has 1 aromatic carbocycles. The van der Waals surface area contributed by atoms with Crippen molar-refractivity contribution < 1.29 is 14.4 Å². The van der Waals surface area contributed by atoms with Gasteiger partial charge in [0.15, 0.2) is 0 Å². The summed E-state index contributed by atoms with van der Waals surface area (Å²) in [7, 11) is 0. The molecule has 1 fully saturated rings. The molecule has 32 heavy (non-hydrogen) atoms. The van der Waals surface area contributed by atoms with Gasteiger partial charge in [-0.2, -0.15) is 4.99 Å². The van der Waals surface area contributed by atoms with Crippen LogP contribution in [0.1, 0.15) is 37.7 Å². The fourth-order valence-corrected chi connectivity index (χ4v) is 4.42. The van der Waals surface area contributed by atoms with E-state index in [4.69, 9.17) is 0 Å². The Morgan fingerprint density at radius 3 is 2.62 bits per heavy atom. The van der Waals surface area contributed by atoms with E-state index in [2.05, 4.69) is 39.5 Å². The Balaban J connectivity index is 1.13. The van der Waals surface area contributed by atoms with Crippen LogP contribution in [-0.2, 0) is 16.1 Å². The maximum Gasteiger partial charge on any atom is 0.350 e. The van der Waals surface area contributed by atoms with Gasteiger partial charge in [0.1, 0.15) is 0 Å². The third kappa shape index (κ3) is 5.59. The standard InChI is InChI=1S/C25H30N4O3/c30-23(26-20-13-16-28(17-14-20)18-19-8-2-1-3-9-19)12-6-7-15-29-24(31)21-10-4-5-11-22(21)27-25(29)32/h1-5,8-11,20-21H,6-7,12-18H2,(H,26,30). The third-order valence-corrected chi connectivity index (χ3v) is 6.23. The van der Waals surface area contributed by atoms with Crippen LogP contribution >= 0.6 is 0 Å². The maximum atomic E-state index is 12.6. The van der Waals surface area contributed by atoms with Gasteiger partial charge in [-0.25, -0.2) is 4.79 Å². The Morgan fingerprint density at radius 1 is 1.06 bits per heavy atom. The number of piperidine rings is 1. The van der Waals surface area contributed by atoms with E-state index in [0.29, 0.717) is 31.5 Å². The first-order valence-electron chi connectivity index (χ1n) is 11.4. The van der Waals surface area contributed by atoms with Gasteiger partial charge in [0.25, 0.3) is 0 Å². The van der Waals surface area contributed by atoms with E-state index in [1.807, 2.05) is 6.07 Å². The van der Waals surface area contributed by atoms with Gasteiger partial charge < -0.3 is 5.32 Å². The van der Waals surface area contributed by atoms with Gasteiger partial charge >= 0.3 is 6.03 Å². The zero-order valence-corrected chi connectivity index (χ0v) is 18.3. The van der Waals surface area contributed by atoms with Crippen LogP contribution in [0.5, 0.6) is 0 Å². The number of carbonyl (C=O) groups is 3. The number of urea groups is 1. The summed E-state index contributed by atoms with van der Waals surface area (Å²) >= 11 is 0. The highest BCUT2D eigenvalue weighted by molar-refractivity contribution is 6.21. The molecular weight excluding hydrogens is 404 g/mol. The predicted molar refractivity (Wildman–Crippen MR) is 123 cm³/mol. The smallest absolute Gasteiger partial charge is 0.350 e. The monoisotopic (exact) mass is 434 g/mol. The van der Waals surface area contributed by atoms with E-state index in [9.17, 15) is 14.4 Å². The number of likely N-dealkylation sites (tertiary alicyclic amines) is 1. The number of carbonyl (C=O) groups excluding carboxylic acids is 3. The second-order valence-electron chi connectivity index (χ2n) is 8.59. The fourth-order valence-electron chi connectivity index (χ4n) is 4.42. The second-order valence-corrected chi connectivity index (χ2v) is 8.59. The third-order valence-electron chi connectivity index (χ3n) is 6.23. The van der Waals surface area contributed by atoms with Gasteiger partial charge in [0, 0.05) is 38.6 Å². The molecule has 3 aliphatic rings. The Bertz CT molecular complexity index is 930. The summed E-state index contributed by atoms with van der Waals surface area (Å²) in [5, 5.41) is 3.14. The minimum absolute atomic E-state index is 0.0449. The molecule has 1 unspecified atom stereocenters. The summed E-state index contributed by atoms with van der Waals surface area (Å²) in [4.78, 5) is 44.7. The molecule has 7 heteroatoms. The fraction of sp³-hybridized carbons (Fsp3) is 0.440. The number of amides is 4. The molecule has 1 N–H and O–H groups in total. The average Bonchev–Trinajstić information content (AvgIpc) is 2.80. The van der Waals surface area contributed by atoms with Crippen LogP contribution in [0, 0.1) is 5.92 Å². The van der Waals surface area contributed by atoms with Crippen molar-refractivity contribution in [2.24, 2.45) is 10.9 Å². The highest BCUT2D eigenvalue weighted by Gasteiger charge is 2.35. The molecule has 1 saturated heterocycles. The summed E-state index contributed by atoms with van der Waals surface area (Å²) in [6.07, 6.45) is 10.6. The molecule has 4 amide bonds. The van der Waals surface area contributed by atoms with E-state index in [-0.39, 0.29) is 17.9 Å². The van der Waals surface area contributed by atoms with Crippen molar-refractivity contribution in [3.8, 4) is 0 Å². The van der Waals surface area contributed by atoms with Crippen LogP contribution in [0.2, 0.25) is 0 Å². The molecule has 2 heterocycles. The second kappa shape index (κ2) is 10.5. The summed E-state index contributed by atoms with van der Waals surface area (Å²) in [6.45, 7) is 3.21. The summed E-state index contributed by atoms with van der Waals surface area (Å²) < 4.78 is 0. The molecule has 1 aromatic rings. The lowest BCUT2D eigenvalue weighted by atomic mass is 9.95. The Labute approximate surface area is 188 Å². The van der Waals surface area contributed by atoms with Crippen molar-refractivity contribution >= 4 is 23.6 Å². The molecule has 7 nitrogen and oxygen atoms in total. The lowest BCUT2D eigenvalue weighted by molar-refractivity contribution is -0.129. The number of fused-ring (bicyclic) bond motifs is 1. The molecular formula is C25H30N4O3. The summed E-state index contributed by atoms with van der Waals surface area (Å²) in [5.41, 5.74) is 1.83. The van der Waals surface area contributed by atoms with E-state index >= 15 is 0 Å². The summed E-state index contributed by atoms with van der Waals surface area (Å²) in [6, 6.07) is 10.2. The number of aliphatic imine (C=N–C) groups is 1. The van der Waals surface area contributed by atoms with Crippen molar-refractivity contribution in [2.45, 2.75) is 44.7 Å². The maximum absolute atomic E-state index is 12.6. The van der Waals surface area contributed by atoms with Gasteiger partial charge in [-0.3, -0.25) is 19.4 Å².